The summed E-state index contributed by atoms with van der Waals surface area (Å²) in [7, 11) is 3.45. The van der Waals surface area contributed by atoms with Crippen molar-refractivity contribution in [1.82, 2.24) is 19.1 Å². The maximum absolute atomic E-state index is 13.2. The molecule has 5 aromatic rings. The van der Waals surface area contributed by atoms with E-state index in [1.807, 2.05) is 66.3 Å². The second-order valence-corrected chi connectivity index (χ2v) is 9.69. The lowest BCUT2D eigenvalue weighted by molar-refractivity contribution is -0.120. The molecule has 0 radical (unpaired) electrons. The first-order chi connectivity index (χ1) is 18.4. The Morgan fingerprint density at radius 1 is 1.11 bits per heavy atom. The molecule has 0 aliphatic heterocycles. The molecule has 1 aliphatic carbocycles. The van der Waals surface area contributed by atoms with Crippen LogP contribution in [0.25, 0.3) is 33.1 Å². The van der Waals surface area contributed by atoms with E-state index in [9.17, 15) is 9.59 Å². The van der Waals surface area contributed by atoms with Gasteiger partial charge in [-0.15, -0.1) is 0 Å². The fourth-order valence-corrected chi connectivity index (χ4v) is 5.46. The van der Waals surface area contributed by atoms with Gasteiger partial charge in [-0.2, -0.15) is 0 Å². The van der Waals surface area contributed by atoms with Crippen LogP contribution in [-0.4, -0.2) is 37.9 Å². The van der Waals surface area contributed by atoms with Crippen molar-refractivity contribution >= 4 is 45.1 Å². The van der Waals surface area contributed by atoms with Crippen LogP contribution >= 0.6 is 0 Å². The molecule has 1 aliphatic rings. The molecule has 3 N–H and O–H groups in total. The fourth-order valence-electron chi connectivity index (χ4n) is 5.46. The van der Waals surface area contributed by atoms with Gasteiger partial charge < -0.3 is 24.9 Å². The minimum Gasteiger partial charge on any atom is -0.495 e. The number of nitrogens with zero attached hydrogens (tertiary/aromatic N) is 4. The van der Waals surface area contributed by atoms with Gasteiger partial charge in [-0.3, -0.25) is 9.59 Å². The molecule has 192 valence electrons. The maximum Gasteiger partial charge on any atom is 0.272 e. The first kappa shape index (κ1) is 23.7. The Kier molecular flexibility index (Phi) is 5.83. The van der Waals surface area contributed by atoms with E-state index in [2.05, 4.69) is 19.9 Å². The summed E-state index contributed by atoms with van der Waals surface area (Å²) in [5.41, 5.74) is 10.9. The quantitative estimate of drug-likeness (QED) is 0.340. The monoisotopic (exact) mass is 508 g/mol. The summed E-state index contributed by atoms with van der Waals surface area (Å²) in [5.74, 6) is 0.991. The number of hydrogen-bond donors (Lipinski definition) is 2. The number of nitrogens with two attached hydrogens (primary N) is 1. The summed E-state index contributed by atoms with van der Waals surface area (Å²) in [6.07, 6.45) is 6.19. The molecule has 2 aromatic carbocycles. The van der Waals surface area contributed by atoms with Gasteiger partial charge in [-0.1, -0.05) is 24.3 Å². The van der Waals surface area contributed by atoms with Crippen LogP contribution in [0, 0.1) is 0 Å². The summed E-state index contributed by atoms with van der Waals surface area (Å²) < 4.78 is 9.68. The van der Waals surface area contributed by atoms with Gasteiger partial charge in [0.25, 0.3) is 5.91 Å². The summed E-state index contributed by atoms with van der Waals surface area (Å²) in [4.78, 5) is 33.8. The summed E-state index contributed by atoms with van der Waals surface area (Å²) in [5, 5.41) is 4.76. The molecule has 3 heterocycles. The van der Waals surface area contributed by atoms with Crippen molar-refractivity contribution in [2.45, 2.75) is 31.7 Å². The van der Waals surface area contributed by atoms with E-state index in [0.717, 1.165) is 45.9 Å². The van der Waals surface area contributed by atoms with Crippen molar-refractivity contribution in [1.29, 1.82) is 0 Å². The van der Waals surface area contributed by atoms with Crippen LogP contribution in [0.3, 0.4) is 0 Å². The minimum absolute atomic E-state index is 0.166. The molecule has 9 heteroatoms. The zero-order valence-corrected chi connectivity index (χ0v) is 21.3. The number of carbonyl (C=O) groups excluding carboxylic acids is 2. The molecule has 0 spiro atoms. The molecule has 3 aromatic heterocycles. The number of fused-ring (bicyclic) bond motifs is 2. The van der Waals surface area contributed by atoms with E-state index in [1.54, 1.807) is 7.11 Å². The number of carbonyl (C=O) groups is 2. The average Bonchev–Trinajstić information content (AvgIpc) is 3.49. The van der Waals surface area contributed by atoms with Crippen LogP contribution in [-0.2, 0) is 11.8 Å². The molecule has 0 atom stereocenters. The highest BCUT2D eigenvalue weighted by atomic mass is 16.5. The molecule has 1 saturated carbocycles. The molecular weight excluding hydrogens is 480 g/mol. The number of benzene rings is 2. The summed E-state index contributed by atoms with van der Waals surface area (Å²) in [6.45, 7) is 0. The molecule has 9 nitrogen and oxygen atoms in total. The highest BCUT2D eigenvalue weighted by molar-refractivity contribution is 6.07. The van der Waals surface area contributed by atoms with E-state index < -0.39 is 0 Å². The third kappa shape index (κ3) is 3.96. The van der Waals surface area contributed by atoms with Gasteiger partial charge in [0.1, 0.15) is 35.0 Å². The smallest absolute Gasteiger partial charge is 0.272 e. The van der Waals surface area contributed by atoms with Crippen LogP contribution in [0.1, 0.15) is 42.2 Å². The molecule has 0 unspecified atom stereocenters. The lowest BCUT2D eigenvalue weighted by atomic mass is 9.94. The van der Waals surface area contributed by atoms with Crippen molar-refractivity contribution < 1.29 is 14.3 Å². The molecule has 1 fully saturated rings. The number of aromatic nitrogens is 4. The van der Waals surface area contributed by atoms with Gasteiger partial charge >= 0.3 is 0 Å². The Hall–Kier alpha value is -4.66. The molecule has 0 bridgehead atoms. The van der Waals surface area contributed by atoms with Gasteiger partial charge in [0.2, 0.25) is 0 Å². The zero-order valence-electron chi connectivity index (χ0n) is 21.3. The number of amides is 1. The van der Waals surface area contributed by atoms with E-state index in [4.69, 9.17) is 10.5 Å². The topological polar surface area (TPSA) is 117 Å². The first-order valence-electron chi connectivity index (χ1n) is 12.6. The number of Topliss-reactive ketones (excluding diaryl/α,β-unsaturated/α-hetero) is 1. The molecular formula is C29H28N6O3. The Labute approximate surface area is 219 Å². The minimum atomic E-state index is -0.226. The number of hydrogen-bond acceptors (Lipinski definition) is 6. The van der Waals surface area contributed by atoms with E-state index in [1.165, 1.54) is 6.33 Å². The number of ether oxygens (including phenoxy) is 1. The van der Waals surface area contributed by atoms with Crippen molar-refractivity contribution in [2.24, 2.45) is 7.05 Å². The Morgan fingerprint density at radius 3 is 2.66 bits per heavy atom. The third-order valence-corrected chi connectivity index (χ3v) is 7.49. The van der Waals surface area contributed by atoms with E-state index in [-0.39, 0.29) is 11.9 Å². The highest BCUT2D eigenvalue weighted by Gasteiger charge is 2.25. The number of anilines is 2. The van der Waals surface area contributed by atoms with Crippen molar-refractivity contribution in [3.05, 3.63) is 66.7 Å². The van der Waals surface area contributed by atoms with Crippen molar-refractivity contribution in [3.8, 4) is 16.9 Å². The molecule has 38 heavy (non-hydrogen) atoms. The second-order valence-electron chi connectivity index (χ2n) is 9.69. The number of rotatable bonds is 5. The van der Waals surface area contributed by atoms with E-state index in [0.29, 0.717) is 41.6 Å². The number of para-hydroxylation sites is 1. The van der Waals surface area contributed by atoms with Crippen LogP contribution in [0.4, 0.5) is 11.5 Å². The molecule has 6 rings (SSSR count). The first-order valence-corrected chi connectivity index (χ1v) is 12.6. The normalized spacial score (nSPS) is 14.3. The Balaban J connectivity index is 1.36. The van der Waals surface area contributed by atoms with E-state index >= 15 is 0 Å². The standard InChI is InChI=1S/C29H28N6O3/c1-34-23-6-4-3-5-18(23)13-24(34)29(37)33-22-12-7-17(14-25(22)38-2)21-15-35(19-8-10-20(36)11-9-19)28-26(21)27(30)31-16-32-28/h3-7,12-16,19H,8-11H2,1-2H3,(H,33,37)(H2,30,31,32). The predicted molar refractivity (Wildman–Crippen MR) is 147 cm³/mol. The van der Waals surface area contributed by atoms with Crippen molar-refractivity contribution in [2.75, 3.05) is 18.2 Å². The lowest BCUT2D eigenvalue weighted by Crippen LogP contribution is -2.17. The lowest BCUT2D eigenvalue weighted by Gasteiger charge is -2.23. The number of methoxy groups -OCH3 is 1. The van der Waals surface area contributed by atoms with Gasteiger partial charge in [-0.25, -0.2) is 9.97 Å². The van der Waals surface area contributed by atoms with Gasteiger partial charge in [-0.05, 0) is 42.7 Å². The number of nitrogen functional groups attached to an aromatic ring is 1. The summed E-state index contributed by atoms with van der Waals surface area (Å²) >= 11 is 0. The third-order valence-electron chi connectivity index (χ3n) is 7.49. The number of aryl methyl sites for hydroxylation is 1. The summed E-state index contributed by atoms with van der Waals surface area (Å²) in [6, 6.07) is 15.6. The second kappa shape index (κ2) is 9.33. The SMILES string of the molecule is COc1cc(-c2cn(C3CCC(=O)CC3)c3ncnc(N)c23)ccc1NC(=O)c1cc2ccccc2n1C. The van der Waals surface area contributed by atoms with Crippen LogP contribution in [0.2, 0.25) is 0 Å². The highest BCUT2D eigenvalue weighted by Crippen LogP contribution is 2.40. The van der Waals surface area contributed by atoms with Gasteiger partial charge in [0, 0.05) is 48.6 Å². The fraction of sp³-hybridized carbons (Fsp3) is 0.241. The van der Waals surface area contributed by atoms with Gasteiger partial charge in [0.15, 0.2) is 0 Å². The molecule has 1 amide bonds. The van der Waals surface area contributed by atoms with Crippen LogP contribution in [0.5, 0.6) is 5.75 Å². The predicted octanol–water partition coefficient (Wildman–Crippen LogP) is 5.12. The Morgan fingerprint density at radius 2 is 1.89 bits per heavy atom. The zero-order chi connectivity index (χ0) is 26.4. The van der Waals surface area contributed by atoms with Crippen LogP contribution in [0.15, 0.2) is 61.1 Å². The maximum atomic E-state index is 13.2. The van der Waals surface area contributed by atoms with Crippen LogP contribution < -0.4 is 15.8 Å². The van der Waals surface area contributed by atoms with Crippen molar-refractivity contribution in [3.63, 3.8) is 0 Å². The number of ketones is 1. The Bertz CT molecular complexity index is 1710. The molecule has 0 saturated heterocycles. The largest absolute Gasteiger partial charge is 0.495 e. The number of nitrogens with one attached hydrogen (secondary N) is 1. The average molecular weight is 509 g/mol. The van der Waals surface area contributed by atoms with Gasteiger partial charge in [0.05, 0.1) is 18.2 Å².